The smallest absolute Gasteiger partial charge is 0.273 e. The Balaban J connectivity index is 1.35. The first-order valence-electron chi connectivity index (χ1n) is 10.3. The second-order valence-electron chi connectivity index (χ2n) is 7.18. The molecule has 0 atom stereocenters. The van der Waals surface area contributed by atoms with E-state index in [2.05, 4.69) is 26.3 Å². The summed E-state index contributed by atoms with van der Waals surface area (Å²) in [5.41, 5.74) is 7.20. The number of benzene rings is 3. The van der Waals surface area contributed by atoms with Crippen LogP contribution in [0.2, 0.25) is 0 Å². The normalized spacial score (nSPS) is 10.4. The third kappa shape index (κ3) is 5.18. The highest BCUT2D eigenvalue weighted by Gasteiger charge is 2.15. The van der Waals surface area contributed by atoms with Gasteiger partial charge in [0.1, 0.15) is 11.5 Å². The average Bonchev–Trinajstić information content (AvgIpc) is 3.36. The molecule has 3 aromatic carbocycles. The molecule has 2 N–H and O–H groups in total. The van der Waals surface area contributed by atoms with Crippen molar-refractivity contribution in [1.29, 1.82) is 0 Å². The monoisotopic (exact) mass is 458 g/mol. The number of ether oxygens (including phenoxy) is 2. The zero-order valence-corrected chi connectivity index (χ0v) is 18.6. The number of nitrogens with one attached hydrogen (secondary N) is 2. The molecule has 10 heteroatoms. The summed E-state index contributed by atoms with van der Waals surface area (Å²) in [6.45, 7) is 0.399. The van der Waals surface area contributed by atoms with Crippen LogP contribution >= 0.6 is 0 Å². The fourth-order valence-corrected chi connectivity index (χ4v) is 3.18. The number of methoxy groups -OCH3 is 2. The van der Waals surface area contributed by atoms with E-state index in [0.717, 1.165) is 11.1 Å². The summed E-state index contributed by atoms with van der Waals surface area (Å²) in [5, 5.41) is 12.5. The van der Waals surface area contributed by atoms with Crippen LogP contribution < -0.4 is 20.3 Å². The number of rotatable bonds is 7. The Morgan fingerprint density at radius 1 is 0.882 bits per heavy atom. The van der Waals surface area contributed by atoms with Crippen molar-refractivity contribution in [3.63, 3.8) is 0 Å². The van der Waals surface area contributed by atoms with Gasteiger partial charge >= 0.3 is 0 Å². The lowest BCUT2D eigenvalue weighted by molar-refractivity contribution is 0.0845. The van der Waals surface area contributed by atoms with Gasteiger partial charge in [-0.05, 0) is 35.0 Å². The van der Waals surface area contributed by atoms with E-state index in [1.54, 1.807) is 42.5 Å². The minimum Gasteiger partial charge on any atom is -0.497 e. The molecule has 2 amide bonds. The standard InChI is InChI=1S/C24H22N6O4/c1-33-19-12-13-20(21(14-19)34-2)24(32)27-26-23(31)18-10-8-16(9-11-18)15-30-28-22(25-29-30)17-6-4-3-5-7-17/h3-14H,15H2,1-2H3,(H,26,31)(H,27,32). The van der Waals surface area contributed by atoms with Crippen LogP contribution in [-0.2, 0) is 6.54 Å². The summed E-state index contributed by atoms with van der Waals surface area (Å²) in [5.74, 6) is 0.442. The van der Waals surface area contributed by atoms with Crippen LogP contribution in [0.5, 0.6) is 11.5 Å². The number of carbonyl (C=O) groups excluding carboxylic acids is 2. The molecule has 0 unspecified atom stereocenters. The molecular formula is C24H22N6O4. The Labute approximate surface area is 195 Å². The maximum atomic E-state index is 12.5. The number of aromatic nitrogens is 4. The molecular weight excluding hydrogens is 436 g/mol. The molecule has 0 saturated heterocycles. The van der Waals surface area contributed by atoms with Gasteiger partial charge in [0.25, 0.3) is 11.8 Å². The van der Waals surface area contributed by atoms with E-state index >= 15 is 0 Å². The maximum Gasteiger partial charge on any atom is 0.273 e. The van der Waals surface area contributed by atoms with E-state index < -0.39 is 11.8 Å². The van der Waals surface area contributed by atoms with Crippen molar-refractivity contribution in [3.05, 3.63) is 89.5 Å². The second kappa shape index (κ2) is 10.3. The molecule has 4 aromatic rings. The molecule has 0 aliphatic carbocycles. The quantitative estimate of drug-likeness (QED) is 0.408. The molecule has 10 nitrogen and oxygen atoms in total. The molecule has 34 heavy (non-hydrogen) atoms. The topological polar surface area (TPSA) is 120 Å². The van der Waals surface area contributed by atoms with Gasteiger partial charge < -0.3 is 9.47 Å². The Morgan fingerprint density at radius 3 is 2.32 bits per heavy atom. The minimum absolute atomic E-state index is 0.258. The summed E-state index contributed by atoms with van der Waals surface area (Å²) in [7, 11) is 2.97. The van der Waals surface area contributed by atoms with Crippen molar-refractivity contribution in [2.75, 3.05) is 14.2 Å². The molecule has 0 radical (unpaired) electrons. The minimum atomic E-state index is -0.518. The predicted molar refractivity (Wildman–Crippen MR) is 123 cm³/mol. The predicted octanol–water partition coefficient (Wildman–Crippen LogP) is 2.48. The number of nitrogens with zero attached hydrogens (tertiary/aromatic N) is 4. The molecule has 0 bridgehead atoms. The van der Waals surface area contributed by atoms with Gasteiger partial charge in [-0.3, -0.25) is 20.4 Å². The summed E-state index contributed by atoms with van der Waals surface area (Å²) >= 11 is 0. The first kappa shape index (κ1) is 22.5. The van der Waals surface area contributed by atoms with Crippen LogP contribution in [0.3, 0.4) is 0 Å². The van der Waals surface area contributed by atoms with E-state index in [1.807, 2.05) is 30.3 Å². The Bertz CT molecular complexity index is 1290. The van der Waals surface area contributed by atoms with Crippen LogP contribution in [0.1, 0.15) is 26.3 Å². The van der Waals surface area contributed by atoms with Crippen molar-refractivity contribution < 1.29 is 19.1 Å². The summed E-state index contributed by atoms with van der Waals surface area (Å²) < 4.78 is 10.3. The lowest BCUT2D eigenvalue weighted by atomic mass is 10.1. The van der Waals surface area contributed by atoms with Crippen molar-refractivity contribution in [2.24, 2.45) is 0 Å². The van der Waals surface area contributed by atoms with E-state index in [-0.39, 0.29) is 5.56 Å². The van der Waals surface area contributed by atoms with Gasteiger partial charge in [-0.25, -0.2) is 0 Å². The Kier molecular flexibility index (Phi) is 6.78. The SMILES string of the molecule is COc1ccc(C(=O)NNC(=O)c2ccc(Cn3nnc(-c4ccccc4)n3)cc2)c(OC)c1. The third-order valence-corrected chi connectivity index (χ3v) is 4.97. The molecule has 0 aliphatic heterocycles. The molecule has 0 aliphatic rings. The Hall–Kier alpha value is -4.73. The molecule has 1 aromatic heterocycles. The van der Waals surface area contributed by atoms with Crippen molar-refractivity contribution >= 4 is 11.8 Å². The van der Waals surface area contributed by atoms with Crippen LogP contribution in [0.25, 0.3) is 11.4 Å². The van der Waals surface area contributed by atoms with Crippen molar-refractivity contribution in [2.45, 2.75) is 6.54 Å². The molecule has 172 valence electrons. The van der Waals surface area contributed by atoms with E-state index in [0.29, 0.717) is 29.4 Å². The van der Waals surface area contributed by atoms with E-state index in [4.69, 9.17) is 9.47 Å². The van der Waals surface area contributed by atoms with Crippen LogP contribution in [0, 0.1) is 0 Å². The summed E-state index contributed by atoms with van der Waals surface area (Å²) in [6.07, 6.45) is 0. The average molecular weight is 458 g/mol. The van der Waals surface area contributed by atoms with Crippen molar-refractivity contribution in [1.82, 2.24) is 31.1 Å². The lowest BCUT2D eigenvalue weighted by Gasteiger charge is -2.11. The van der Waals surface area contributed by atoms with Crippen LogP contribution in [-0.4, -0.2) is 46.2 Å². The molecule has 1 heterocycles. The second-order valence-corrected chi connectivity index (χ2v) is 7.18. The number of hydrogen-bond donors (Lipinski definition) is 2. The van der Waals surface area contributed by atoms with E-state index in [1.165, 1.54) is 19.0 Å². The zero-order valence-electron chi connectivity index (χ0n) is 18.6. The number of hydrogen-bond acceptors (Lipinski definition) is 7. The molecule has 0 spiro atoms. The van der Waals surface area contributed by atoms with Gasteiger partial charge in [-0.1, -0.05) is 42.5 Å². The van der Waals surface area contributed by atoms with Gasteiger partial charge in [-0.2, -0.15) is 4.80 Å². The first-order valence-corrected chi connectivity index (χ1v) is 10.3. The molecule has 0 saturated carbocycles. The number of carbonyl (C=O) groups is 2. The molecule has 4 rings (SSSR count). The highest BCUT2D eigenvalue weighted by atomic mass is 16.5. The molecule has 0 fully saturated rings. The fraction of sp³-hybridized carbons (Fsp3) is 0.125. The van der Waals surface area contributed by atoms with Crippen LogP contribution in [0.4, 0.5) is 0 Å². The van der Waals surface area contributed by atoms with E-state index in [9.17, 15) is 9.59 Å². The fourth-order valence-electron chi connectivity index (χ4n) is 3.18. The third-order valence-electron chi connectivity index (χ3n) is 4.97. The maximum absolute atomic E-state index is 12.5. The van der Waals surface area contributed by atoms with Crippen LogP contribution in [0.15, 0.2) is 72.8 Å². The number of amides is 2. The van der Waals surface area contributed by atoms with Gasteiger partial charge in [0.05, 0.1) is 26.3 Å². The van der Waals surface area contributed by atoms with Gasteiger partial charge in [0.2, 0.25) is 5.82 Å². The van der Waals surface area contributed by atoms with Gasteiger partial charge in [0.15, 0.2) is 0 Å². The first-order chi connectivity index (χ1) is 16.6. The van der Waals surface area contributed by atoms with Gasteiger partial charge in [-0.15, -0.1) is 10.2 Å². The Morgan fingerprint density at radius 2 is 1.62 bits per heavy atom. The summed E-state index contributed by atoms with van der Waals surface area (Å²) in [4.78, 5) is 26.4. The highest BCUT2D eigenvalue weighted by Crippen LogP contribution is 2.24. The highest BCUT2D eigenvalue weighted by molar-refractivity contribution is 6.00. The zero-order chi connectivity index (χ0) is 23.9. The van der Waals surface area contributed by atoms with Crippen molar-refractivity contribution in [3.8, 4) is 22.9 Å². The number of tetrazole rings is 1. The summed E-state index contributed by atoms with van der Waals surface area (Å²) in [6, 6.07) is 21.2. The van der Waals surface area contributed by atoms with Gasteiger partial charge in [0, 0.05) is 17.2 Å². The number of hydrazine groups is 1. The largest absolute Gasteiger partial charge is 0.497 e. The lowest BCUT2D eigenvalue weighted by Crippen LogP contribution is -2.41.